The lowest BCUT2D eigenvalue weighted by Gasteiger charge is -2.30. The Kier molecular flexibility index (Phi) is 15.7. The third-order valence-corrected chi connectivity index (χ3v) is 19.5. The van der Waals surface area contributed by atoms with Gasteiger partial charge < -0.3 is 13.6 Å². The maximum absolute atomic E-state index is 18.7. The van der Waals surface area contributed by atoms with E-state index < -0.39 is 7.82 Å². The number of rotatable bonds is 12. The summed E-state index contributed by atoms with van der Waals surface area (Å²) in [5.41, 5.74) is 31.7. The van der Waals surface area contributed by atoms with Crippen molar-refractivity contribution < 1.29 is 18.1 Å². The third kappa shape index (κ3) is 10.9. The number of hydrogen-bond acceptors (Lipinski definition) is 4. The molecule has 0 bridgehead atoms. The molecule has 0 aliphatic carbocycles. The van der Waals surface area contributed by atoms with Crippen LogP contribution in [0.1, 0.15) is 100 Å². The van der Waals surface area contributed by atoms with Gasteiger partial charge in [-0.3, -0.25) is 0 Å². The number of fused-ring (bicyclic) bond motifs is 3. The Morgan fingerprint density at radius 1 is 0.225 bits per heavy atom. The molecule has 5 heteroatoms. The molecular weight excluding hydrogens is 1100 g/mol. The highest BCUT2D eigenvalue weighted by Gasteiger charge is 2.41. The second kappa shape index (κ2) is 23.2. The van der Waals surface area contributed by atoms with Crippen molar-refractivity contribution in [2.75, 3.05) is 0 Å². The highest BCUT2D eigenvalue weighted by Crippen LogP contribution is 2.62. The summed E-state index contributed by atoms with van der Waals surface area (Å²) >= 11 is 0. The van der Waals surface area contributed by atoms with Crippen LogP contribution in [0, 0.1) is 125 Å². The first-order valence-corrected chi connectivity index (χ1v) is 32.7. The average molecular weight is 1190 g/mol. The maximum Gasteiger partial charge on any atom is 0.647 e. The molecule has 0 spiro atoms. The van der Waals surface area contributed by atoms with Crippen LogP contribution in [0.15, 0.2) is 164 Å². The predicted octanol–water partition coefficient (Wildman–Crippen LogP) is 24.3. The zero-order valence-electron chi connectivity index (χ0n) is 55.2. The molecule has 0 amide bonds. The lowest BCUT2D eigenvalue weighted by Crippen LogP contribution is -2.12. The Balaban J connectivity index is 1.29. The Labute approximate surface area is 527 Å². The molecule has 0 saturated heterocycles. The van der Waals surface area contributed by atoms with Gasteiger partial charge in [0.15, 0.2) is 0 Å². The molecule has 4 nitrogen and oxygen atoms in total. The molecule has 0 N–H and O–H groups in total. The van der Waals surface area contributed by atoms with E-state index in [-0.39, 0.29) is 0 Å². The lowest BCUT2D eigenvalue weighted by atomic mass is 9.83. The molecule has 0 fully saturated rings. The van der Waals surface area contributed by atoms with E-state index in [9.17, 15) is 0 Å². The van der Waals surface area contributed by atoms with E-state index in [1.54, 1.807) is 0 Å². The summed E-state index contributed by atoms with van der Waals surface area (Å²) < 4.78 is 42.6. The minimum atomic E-state index is -5.19. The smallest absolute Gasteiger partial charge is 0.385 e. The minimum Gasteiger partial charge on any atom is -0.385 e. The van der Waals surface area contributed by atoms with Crippen LogP contribution in [0.3, 0.4) is 0 Å². The second-order valence-electron chi connectivity index (χ2n) is 25.9. The summed E-state index contributed by atoms with van der Waals surface area (Å²) in [4.78, 5) is 0. The summed E-state index contributed by atoms with van der Waals surface area (Å²) in [6.07, 6.45) is 0. The molecular formula is C84H81O4P. The predicted molar refractivity (Wildman–Crippen MR) is 379 cm³/mol. The summed E-state index contributed by atoms with van der Waals surface area (Å²) in [7, 11) is -5.19. The Hall–Kier alpha value is -8.95. The van der Waals surface area contributed by atoms with E-state index in [0.29, 0.717) is 17.2 Å². The molecule has 0 atom stereocenters. The number of phosphoric ester groups is 1. The fourth-order valence-corrected chi connectivity index (χ4v) is 16.8. The van der Waals surface area contributed by atoms with Gasteiger partial charge in [-0.2, -0.15) is 4.57 Å². The van der Waals surface area contributed by atoms with E-state index in [4.69, 9.17) is 13.6 Å². The van der Waals surface area contributed by atoms with E-state index in [1.807, 2.05) is 18.2 Å². The molecule has 12 aromatic rings. The first kappa shape index (κ1) is 60.3. The molecule has 446 valence electrons. The van der Waals surface area contributed by atoms with Crippen LogP contribution < -0.4 is 13.6 Å². The third-order valence-electron chi connectivity index (χ3n) is 18.2. The lowest BCUT2D eigenvalue weighted by molar-refractivity contribution is 0.303. The number of phosphoric acid groups is 1. The molecule has 0 aromatic heterocycles. The van der Waals surface area contributed by atoms with Gasteiger partial charge in [-0.1, -0.05) is 179 Å². The zero-order valence-corrected chi connectivity index (χ0v) is 56.1. The van der Waals surface area contributed by atoms with Crippen LogP contribution >= 0.6 is 7.82 Å². The molecule has 89 heavy (non-hydrogen) atoms. The van der Waals surface area contributed by atoms with E-state index in [0.717, 1.165) is 183 Å². The molecule has 0 aliphatic rings. The number of hydrogen-bond donors (Lipinski definition) is 0. The molecule has 0 unspecified atom stereocenters. The summed E-state index contributed by atoms with van der Waals surface area (Å²) in [5, 5.41) is 5.07. The van der Waals surface area contributed by atoms with Crippen LogP contribution in [0.25, 0.3) is 99.1 Å². The van der Waals surface area contributed by atoms with E-state index >= 15 is 4.57 Å². The van der Waals surface area contributed by atoms with Gasteiger partial charge in [0, 0.05) is 32.8 Å². The molecule has 12 rings (SSSR count). The normalized spacial score (nSPS) is 11.8. The van der Waals surface area contributed by atoms with Crippen LogP contribution in [-0.2, 0) is 4.57 Å². The number of aryl methyl sites for hydroxylation is 18. The molecule has 12 aromatic carbocycles. The summed E-state index contributed by atoms with van der Waals surface area (Å²) in [6, 6.07) is 58.8. The van der Waals surface area contributed by atoms with Crippen LogP contribution in [-0.4, -0.2) is 0 Å². The van der Waals surface area contributed by atoms with E-state index in [1.165, 1.54) is 16.7 Å². The van der Waals surface area contributed by atoms with Crippen molar-refractivity contribution in [3.63, 3.8) is 0 Å². The molecule has 0 radical (unpaired) electrons. The van der Waals surface area contributed by atoms with Crippen LogP contribution in [0.2, 0.25) is 0 Å². The first-order valence-electron chi connectivity index (χ1n) is 31.2. The zero-order chi connectivity index (χ0) is 63.2. The Morgan fingerprint density at radius 3 is 0.607 bits per heavy atom. The molecule has 0 heterocycles. The quantitative estimate of drug-likeness (QED) is 0.114. The minimum absolute atomic E-state index is 0.403. The summed E-state index contributed by atoms with van der Waals surface area (Å²) in [6.45, 7) is 39.1. The van der Waals surface area contributed by atoms with Gasteiger partial charge in [0.2, 0.25) is 0 Å². The van der Waals surface area contributed by atoms with Crippen molar-refractivity contribution >= 4 is 40.1 Å². The highest BCUT2D eigenvalue weighted by atomic mass is 31.2. The van der Waals surface area contributed by atoms with Gasteiger partial charge >= 0.3 is 7.82 Å². The van der Waals surface area contributed by atoms with Crippen molar-refractivity contribution in [1.29, 1.82) is 0 Å². The van der Waals surface area contributed by atoms with Crippen molar-refractivity contribution in [2.24, 2.45) is 0 Å². The van der Waals surface area contributed by atoms with E-state index in [2.05, 4.69) is 270 Å². The fourth-order valence-electron chi connectivity index (χ4n) is 15.5. The summed E-state index contributed by atoms with van der Waals surface area (Å²) in [5.74, 6) is 1.21. The van der Waals surface area contributed by atoms with Gasteiger partial charge in [0.05, 0.1) is 0 Å². The van der Waals surface area contributed by atoms with Crippen LogP contribution in [0.5, 0.6) is 17.2 Å². The largest absolute Gasteiger partial charge is 0.647 e. The van der Waals surface area contributed by atoms with Crippen molar-refractivity contribution in [2.45, 2.75) is 125 Å². The SMILES string of the molecule is Cc1cc(C)c(-c2cc3ccccc3c(OP(=O)(Oc3c(-c4c(C)cc(C)cc4C)c(-c4c(C)cc(C)cc4C)cc4ccccc34)Oc3c(-c4c(C)cc(C)cc4C)c(-c4c(C)cc(C)cc4C)cc4ccccc34)c2-c2c(C)cc(C)cc2C)c(C)c1. The Bertz CT molecular complexity index is 4360. The van der Waals surface area contributed by atoms with Gasteiger partial charge in [-0.25, -0.2) is 0 Å². The second-order valence-corrected chi connectivity index (χ2v) is 27.4. The highest BCUT2D eigenvalue weighted by molar-refractivity contribution is 7.50. The van der Waals surface area contributed by atoms with Crippen LogP contribution in [0.4, 0.5) is 0 Å². The van der Waals surface area contributed by atoms with Crippen molar-refractivity contribution in [3.05, 3.63) is 264 Å². The topological polar surface area (TPSA) is 44.8 Å². The van der Waals surface area contributed by atoms with Gasteiger partial charge in [-0.05, 0) is 276 Å². The fraction of sp³-hybridized carbons (Fsp3) is 0.214. The van der Waals surface area contributed by atoms with Crippen molar-refractivity contribution in [1.82, 2.24) is 0 Å². The first-order chi connectivity index (χ1) is 42.4. The number of benzene rings is 12. The Morgan fingerprint density at radius 2 is 0.404 bits per heavy atom. The van der Waals surface area contributed by atoms with Gasteiger partial charge in [0.1, 0.15) is 17.2 Å². The maximum atomic E-state index is 18.7. The molecule has 0 aliphatic heterocycles. The molecule has 0 saturated carbocycles. The van der Waals surface area contributed by atoms with Gasteiger partial charge in [0.25, 0.3) is 0 Å². The van der Waals surface area contributed by atoms with Crippen molar-refractivity contribution in [3.8, 4) is 84.0 Å². The monoisotopic (exact) mass is 1180 g/mol. The standard InChI is InChI=1S/C84H81O4P/c1-46-31-52(7)73(53(8)32-46)70-43-64-25-19-22-28-67(64)82(79(70)76-58(13)37-49(4)38-59(76)14)86-89(85,87-83-68-29-23-20-26-65(68)44-71(74-54(9)33-47(2)34-55(74)10)80(83)77-60(15)39-50(5)40-61(77)16)88-84-69-30-24-21-27-66(69)45-72(75-56(11)35-48(3)36-57(75)12)81(84)78-62(17)41-51(6)42-63(78)18/h19-45H,1-18H3. The average Bonchev–Trinajstić information content (AvgIpc) is 0.774. The van der Waals surface area contributed by atoms with Gasteiger partial charge in [-0.15, -0.1) is 0 Å².